The normalized spacial score (nSPS) is 26.1. The summed E-state index contributed by atoms with van der Waals surface area (Å²) in [6, 6.07) is 7.83. The number of rotatable bonds is 4. The van der Waals surface area contributed by atoms with Gasteiger partial charge >= 0.3 is 6.03 Å². The molecule has 1 N–H and O–H groups in total. The summed E-state index contributed by atoms with van der Waals surface area (Å²) in [6.45, 7) is 7.77. The lowest BCUT2D eigenvalue weighted by atomic mass is 9.67. The Kier molecular flexibility index (Phi) is 5.69. The molecule has 1 aromatic carbocycles. The summed E-state index contributed by atoms with van der Waals surface area (Å²) < 4.78 is 1.04. The Hall–Kier alpha value is -1.40. The number of nitrogens with zero attached hydrogens (tertiary/aromatic N) is 2. The molecule has 3 rings (SSSR count). The zero-order valence-electron chi connectivity index (χ0n) is 16.7. The van der Waals surface area contributed by atoms with Crippen molar-refractivity contribution in [3.63, 3.8) is 0 Å². The molecule has 0 aromatic heterocycles. The minimum absolute atomic E-state index is 0.0532. The Labute approximate surface area is 170 Å². The van der Waals surface area contributed by atoms with Crippen LogP contribution in [0, 0.1) is 11.3 Å². The van der Waals surface area contributed by atoms with Crippen molar-refractivity contribution < 1.29 is 9.59 Å². The first-order chi connectivity index (χ1) is 12.6. The van der Waals surface area contributed by atoms with Crippen LogP contribution in [0.25, 0.3) is 0 Å². The Morgan fingerprint density at radius 2 is 1.78 bits per heavy atom. The van der Waals surface area contributed by atoms with Gasteiger partial charge in [0.2, 0.25) is 0 Å². The number of benzene rings is 1. The quantitative estimate of drug-likeness (QED) is 0.714. The lowest BCUT2D eigenvalue weighted by molar-refractivity contribution is -0.134. The molecule has 1 aliphatic carbocycles. The largest absolute Gasteiger partial charge is 0.326 e. The molecule has 27 heavy (non-hydrogen) atoms. The molecule has 0 atom stereocenters. The second kappa shape index (κ2) is 7.55. The van der Waals surface area contributed by atoms with Crippen molar-refractivity contribution in [1.29, 1.82) is 0 Å². The van der Waals surface area contributed by atoms with E-state index in [1.165, 1.54) is 4.90 Å². The second-order valence-electron chi connectivity index (χ2n) is 9.17. The summed E-state index contributed by atoms with van der Waals surface area (Å²) in [7, 11) is 1.93. The van der Waals surface area contributed by atoms with Crippen LogP contribution in [-0.4, -0.2) is 41.0 Å². The highest BCUT2D eigenvalue weighted by molar-refractivity contribution is 9.10. The van der Waals surface area contributed by atoms with E-state index in [2.05, 4.69) is 42.0 Å². The van der Waals surface area contributed by atoms with Crippen LogP contribution in [0.1, 0.15) is 52.0 Å². The van der Waals surface area contributed by atoms with Crippen LogP contribution < -0.4 is 5.32 Å². The number of amides is 3. The fourth-order valence-corrected chi connectivity index (χ4v) is 4.58. The molecule has 5 nitrogen and oxygen atoms in total. The number of hydrogen-bond donors (Lipinski definition) is 1. The van der Waals surface area contributed by atoms with Gasteiger partial charge in [0.05, 0.1) is 6.67 Å². The smallest absolute Gasteiger partial charge is 0.323 e. The summed E-state index contributed by atoms with van der Waals surface area (Å²) in [6.07, 6.45) is 3.45. The number of halogens is 1. The van der Waals surface area contributed by atoms with Crippen molar-refractivity contribution in [2.45, 2.75) is 58.5 Å². The third-order valence-corrected chi connectivity index (χ3v) is 6.59. The molecule has 148 valence electrons. The van der Waals surface area contributed by atoms with Gasteiger partial charge < -0.3 is 5.32 Å². The number of carbonyl (C=O) groups excluding carboxylic acids is 2. The van der Waals surface area contributed by atoms with Crippen molar-refractivity contribution in [3.05, 3.63) is 34.3 Å². The highest BCUT2D eigenvalue weighted by atomic mass is 79.9. The van der Waals surface area contributed by atoms with Crippen LogP contribution in [-0.2, 0) is 11.3 Å². The van der Waals surface area contributed by atoms with Gasteiger partial charge in [0.15, 0.2) is 0 Å². The standard InChI is InChI=1S/C21H30BrN3O2/c1-20(2,3)16-9-11-21(12-10-16)18(26)25(19(27)23-21)14-24(4)13-15-5-7-17(22)8-6-15/h5-8,16H,9-14H2,1-4H3,(H,23,27). The van der Waals surface area contributed by atoms with E-state index in [1.54, 1.807) is 0 Å². The van der Waals surface area contributed by atoms with E-state index in [-0.39, 0.29) is 17.4 Å². The summed E-state index contributed by atoms with van der Waals surface area (Å²) in [5, 5.41) is 3.02. The fourth-order valence-electron chi connectivity index (χ4n) is 4.31. The number of nitrogens with one attached hydrogen (secondary N) is 1. The molecule has 1 saturated heterocycles. The van der Waals surface area contributed by atoms with Crippen molar-refractivity contribution in [1.82, 2.24) is 15.1 Å². The zero-order chi connectivity index (χ0) is 19.8. The van der Waals surface area contributed by atoms with Gasteiger partial charge in [-0.15, -0.1) is 0 Å². The summed E-state index contributed by atoms with van der Waals surface area (Å²) in [5.74, 6) is 0.546. The maximum absolute atomic E-state index is 13.1. The fraction of sp³-hybridized carbons (Fsp3) is 0.619. The Bertz CT molecular complexity index is 703. The van der Waals surface area contributed by atoms with E-state index < -0.39 is 5.54 Å². The second-order valence-corrected chi connectivity index (χ2v) is 10.1. The highest BCUT2D eigenvalue weighted by Crippen LogP contribution is 2.43. The lowest BCUT2D eigenvalue weighted by Crippen LogP contribution is -2.51. The van der Waals surface area contributed by atoms with Gasteiger partial charge in [-0.25, -0.2) is 9.69 Å². The first-order valence-corrected chi connectivity index (χ1v) is 10.5. The third-order valence-electron chi connectivity index (χ3n) is 6.06. The van der Waals surface area contributed by atoms with E-state index in [0.717, 1.165) is 35.7 Å². The van der Waals surface area contributed by atoms with Crippen molar-refractivity contribution in [2.75, 3.05) is 13.7 Å². The van der Waals surface area contributed by atoms with Gasteiger partial charge in [-0.2, -0.15) is 0 Å². The van der Waals surface area contributed by atoms with Crippen molar-refractivity contribution in [3.8, 4) is 0 Å². The average molecular weight is 436 g/mol. The average Bonchev–Trinajstić information content (AvgIpc) is 2.81. The van der Waals surface area contributed by atoms with Gasteiger partial charge in [0, 0.05) is 11.0 Å². The van der Waals surface area contributed by atoms with E-state index >= 15 is 0 Å². The van der Waals surface area contributed by atoms with Crippen molar-refractivity contribution in [2.24, 2.45) is 11.3 Å². The van der Waals surface area contributed by atoms with Gasteiger partial charge in [-0.3, -0.25) is 9.69 Å². The van der Waals surface area contributed by atoms with Crippen LogP contribution in [0.4, 0.5) is 4.79 Å². The van der Waals surface area contributed by atoms with Crippen LogP contribution in [0.15, 0.2) is 28.7 Å². The maximum Gasteiger partial charge on any atom is 0.326 e. The molecular formula is C21H30BrN3O2. The number of urea groups is 1. The van der Waals surface area contributed by atoms with Gasteiger partial charge in [-0.05, 0) is 61.8 Å². The van der Waals surface area contributed by atoms with E-state index in [1.807, 2.05) is 36.2 Å². The number of imide groups is 1. The first kappa shape index (κ1) is 20.3. The van der Waals surface area contributed by atoms with Gasteiger partial charge in [-0.1, -0.05) is 48.8 Å². The predicted molar refractivity (Wildman–Crippen MR) is 110 cm³/mol. The van der Waals surface area contributed by atoms with Crippen LogP contribution in [0.3, 0.4) is 0 Å². The monoisotopic (exact) mass is 435 g/mol. The molecule has 1 saturated carbocycles. The Morgan fingerprint density at radius 3 is 2.33 bits per heavy atom. The molecule has 1 aromatic rings. The van der Waals surface area contributed by atoms with E-state index in [4.69, 9.17) is 0 Å². The predicted octanol–water partition coefficient (Wildman–Crippen LogP) is 4.37. The molecule has 0 unspecified atom stereocenters. The zero-order valence-corrected chi connectivity index (χ0v) is 18.3. The van der Waals surface area contributed by atoms with Crippen LogP contribution in [0.5, 0.6) is 0 Å². The van der Waals surface area contributed by atoms with E-state index in [9.17, 15) is 9.59 Å². The molecule has 0 radical (unpaired) electrons. The summed E-state index contributed by atoms with van der Waals surface area (Å²) in [4.78, 5) is 29.0. The third kappa shape index (κ3) is 4.37. The highest BCUT2D eigenvalue weighted by Gasteiger charge is 2.53. The van der Waals surface area contributed by atoms with Crippen molar-refractivity contribution >= 4 is 27.9 Å². The minimum Gasteiger partial charge on any atom is -0.323 e. The summed E-state index contributed by atoms with van der Waals surface area (Å²) >= 11 is 3.44. The number of carbonyl (C=O) groups is 2. The number of hydrogen-bond acceptors (Lipinski definition) is 3. The first-order valence-electron chi connectivity index (χ1n) is 9.68. The summed E-state index contributed by atoms with van der Waals surface area (Å²) in [5.41, 5.74) is 0.711. The minimum atomic E-state index is -0.683. The SMILES string of the molecule is CN(Cc1ccc(Br)cc1)CN1C(=O)NC2(CCC(C(C)(C)C)CC2)C1=O. The van der Waals surface area contributed by atoms with Crippen LogP contribution >= 0.6 is 15.9 Å². The molecule has 1 heterocycles. The van der Waals surface area contributed by atoms with Gasteiger partial charge in [0.1, 0.15) is 5.54 Å². The van der Waals surface area contributed by atoms with Crippen LogP contribution in [0.2, 0.25) is 0 Å². The Morgan fingerprint density at radius 1 is 1.19 bits per heavy atom. The molecule has 0 bridgehead atoms. The molecule has 2 fully saturated rings. The topological polar surface area (TPSA) is 52.6 Å². The molecule has 6 heteroatoms. The molecular weight excluding hydrogens is 406 g/mol. The molecule has 1 aliphatic heterocycles. The molecule has 3 amide bonds. The lowest BCUT2D eigenvalue weighted by Gasteiger charge is -2.40. The van der Waals surface area contributed by atoms with Gasteiger partial charge in [0.25, 0.3) is 5.91 Å². The molecule has 1 spiro atoms. The Balaban J connectivity index is 1.62. The molecule has 2 aliphatic rings. The maximum atomic E-state index is 13.1. The van der Waals surface area contributed by atoms with E-state index in [0.29, 0.717) is 19.1 Å².